The highest BCUT2D eigenvalue weighted by Gasteiger charge is 2.31. The second kappa shape index (κ2) is 4.96. The molecule has 5 nitrogen and oxygen atoms in total. The minimum Gasteiger partial charge on any atom is -0.360 e. The van der Waals surface area contributed by atoms with Crippen LogP contribution in [0.1, 0.15) is 54.8 Å². The summed E-state index contributed by atoms with van der Waals surface area (Å²) >= 11 is 0. The molecule has 1 aliphatic carbocycles. The predicted molar refractivity (Wildman–Crippen MR) is 70.8 cm³/mol. The number of rotatable bonds is 3. The number of aromatic nitrogens is 1. The molecule has 2 aliphatic rings. The number of carbonyl (C=O) groups is 1. The zero-order chi connectivity index (χ0) is 13.4. The Balaban J connectivity index is 1.68. The van der Waals surface area contributed by atoms with E-state index in [0.717, 1.165) is 44.5 Å². The van der Waals surface area contributed by atoms with E-state index >= 15 is 0 Å². The molecule has 2 fully saturated rings. The summed E-state index contributed by atoms with van der Waals surface area (Å²) in [6.45, 7) is 3.55. The fraction of sp³-hybridized carbons (Fsp3) is 0.714. The van der Waals surface area contributed by atoms with Crippen LogP contribution in [0.15, 0.2) is 10.6 Å². The first-order valence-corrected chi connectivity index (χ1v) is 7.16. The summed E-state index contributed by atoms with van der Waals surface area (Å²) in [5.74, 6) is 1.74. The van der Waals surface area contributed by atoms with Crippen molar-refractivity contribution in [2.24, 2.45) is 11.7 Å². The second-order valence-corrected chi connectivity index (χ2v) is 5.90. The molecule has 2 heterocycles. The fourth-order valence-electron chi connectivity index (χ4n) is 2.74. The van der Waals surface area contributed by atoms with Crippen LogP contribution in [0.3, 0.4) is 0 Å². The number of nitrogens with two attached hydrogens (primary N) is 1. The van der Waals surface area contributed by atoms with E-state index in [4.69, 9.17) is 10.3 Å². The number of nitrogens with zero attached hydrogens (tertiary/aromatic N) is 2. The molecule has 2 N–H and O–H groups in total. The number of hydrogen-bond acceptors (Lipinski definition) is 4. The van der Waals surface area contributed by atoms with Gasteiger partial charge in [-0.25, -0.2) is 0 Å². The lowest BCUT2D eigenvalue weighted by Crippen LogP contribution is -2.45. The average molecular weight is 263 g/mol. The highest BCUT2D eigenvalue weighted by atomic mass is 16.5. The van der Waals surface area contributed by atoms with E-state index < -0.39 is 0 Å². The van der Waals surface area contributed by atoms with Crippen LogP contribution in [-0.4, -0.2) is 35.1 Å². The molecule has 0 radical (unpaired) electrons. The number of carbonyl (C=O) groups excluding carboxylic acids is 1. The smallest absolute Gasteiger partial charge is 0.276 e. The van der Waals surface area contributed by atoms with Gasteiger partial charge in [0.1, 0.15) is 5.76 Å². The Hall–Kier alpha value is -1.36. The molecule has 0 bridgehead atoms. The molecule has 5 heteroatoms. The minimum atomic E-state index is -0.0130. The van der Waals surface area contributed by atoms with Crippen molar-refractivity contribution in [1.29, 1.82) is 0 Å². The van der Waals surface area contributed by atoms with Gasteiger partial charge in [-0.3, -0.25) is 4.79 Å². The average Bonchev–Trinajstić information content (AvgIpc) is 3.16. The maximum atomic E-state index is 12.4. The van der Waals surface area contributed by atoms with Gasteiger partial charge >= 0.3 is 0 Å². The molecule has 1 saturated carbocycles. The molecule has 1 aromatic rings. The first-order chi connectivity index (χ1) is 9.15. The van der Waals surface area contributed by atoms with Crippen LogP contribution < -0.4 is 5.73 Å². The monoisotopic (exact) mass is 263 g/mol. The number of hydrogen-bond donors (Lipinski definition) is 1. The van der Waals surface area contributed by atoms with Gasteiger partial charge in [0.05, 0.1) is 0 Å². The summed E-state index contributed by atoms with van der Waals surface area (Å²) in [5, 5.41) is 3.92. The van der Waals surface area contributed by atoms with Gasteiger partial charge in [-0.1, -0.05) is 5.16 Å². The van der Waals surface area contributed by atoms with Gasteiger partial charge in [-0.2, -0.15) is 0 Å². The van der Waals surface area contributed by atoms with Crippen LogP contribution in [0, 0.1) is 5.92 Å². The Bertz CT molecular complexity index is 465. The third-order valence-electron chi connectivity index (χ3n) is 4.22. The second-order valence-electron chi connectivity index (χ2n) is 5.90. The van der Waals surface area contributed by atoms with Crippen molar-refractivity contribution in [3.05, 3.63) is 17.5 Å². The van der Waals surface area contributed by atoms with Crippen LogP contribution >= 0.6 is 0 Å². The number of likely N-dealkylation sites (tertiary alicyclic amines) is 1. The molecule has 2 unspecified atom stereocenters. The summed E-state index contributed by atoms with van der Waals surface area (Å²) < 4.78 is 5.25. The number of amides is 1. The zero-order valence-corrected chi connectivity index (χ0v) is 11.3. The van der Waals surface area contributed by atoms with Crippen LogP contribution in [0.5, 0.6) is 0 Å². The molecule has 19 heavy (non-hydrogen) atoms. The van der Waals surface area contributed by atoms with Gasteiger partial charge in [0, 0.05) is 31.1 Å². The van der Waals surface area contributed by atoms with E-state index in [2.05, 4.69) is 5.16 Å². The third-order valence-corrected chi connectivity index (χ3v) is 4.22. The molecule has 1 aliphatic heterocycles. The Morgan fingerprint density at radius 1 is 1.53 bits per heavy atom. The third kappa shape index (κ3) is 2.66. The van der Waals surface area contributed by atoms with Gasteiger partial charge in [-0.15, -0.1) is 0 Å². The predicted octanol–water partition coefficient (Wildman–Crippen LogP) is 1.75. The van der Waals surface area contributed by atoms with Crippen molar-refractivity contribution in [2.75, 3.05) is 13.1 Å². The molecule has 0 aromatic carbocycles. The summed E-state index contributed by atoms with van der Waals surface area (Å²) in [4.78, 5) is 14.3. The van der Waals surface area contributed by atoms with E-state index in [-0.39, 0.29) is 11.9 Å². The molecule has 1 saturated heterocycles. The van der Waals surface area contributed by atoms with Crippen molar-refractivity contribution in [2.45, 2.75) is 44.6 Å². The van der Waals surface area contributed by atoms with Crippen molar-refractivity contribution in [3.8, 4) is 0 Å². The van der Waals surface area contributed by atoms with E-state index in [1.54, 1.807) is 0 Å². The summed E-state index contributed by atoms with van der Waals surface area (Å²) in [7, 11) is 0. The lowest BCUT2D eigenvalue weighted by molar-refractivity contribution is 0.0650. The summed E-state index contributed by atoms with van der Waals surface area (Å²) in [5.41, 5.74) is 6.40. The SMILES string of the molecule is CC(N)C1CCCN(C(=O)c2cc(C3CC3)on2)C1. The summed E-state index contributed by atoms with van der Waals surface area (Å²) in [6, 6.07) is 1.95. The zero-order valence-electron chi connectivity index (χ0n) is 11.3. The van der Waals surface area contributed by atoms with E-state index in [0.29, 0.717) is 17.5 Å². The van der Waals surface area contributed by atoms with Crippen molar-refractivity contribution >= 4 is 5.91 Å². The Labute approximate surface area is 113 Å². The highest BCUT2D eigenvalue weighted by Crippen LogP contribution is 2.40. The molecule has 104 valence electrons. The largest absolute Gasteiger partial charge is 0.360 e. The standard InChI is InChI=1S/C14H21N3O2/c1-9(15)11-3-2-6-17(8-11)14(18)12-7-13(19-16-12)10-4-5-10/h7,9-11H,2-6,8,15H2,1H3. The first kappa shape index (κ1) is 12.7. The topological polar surface area (TPSA) is 72.4 Å². The van der Waals surface area contributed by atoms with Crippen LogP contribution in [-0.2, 0) is 0 Å². The molecular formula is C14H21N3O2. The fourth-order valence-corrected chi connectivity index (χ4v) is 2.74. The van der Waals surface area contributed by atoms with Crippen LogP contribution in [0.4, 0.5) is 0 Å². The van der Waals surface area contributed by atoms with Gasteiger partial charge in [0.15, 0.2) is 5.69 Å². The Morgan fingerprint density at radius 2 is 2.32 bits per heavy atom. The van der Waals surface area contributed by atoms with Crippen molar-refractivity contribution < 1.29 is 9.32 Å². The molecule has 3 rings (SSSR count). The van der Waals surface area contributed by atoms with Crippen molar-refractivity contribution in [1.82, 2.24) is 10.1 Å². The summed E-state index contributed by atoms with van der Waals surface area (Å²) in [6.07, 6.45) is 4.43. The molecular weight excluding hydrogens is 242 g/mol. The maximum absolute atomic E-state index is 12.4. The van der Waals surface area contributed by atoms with E-state index in [1.165, 1.54) is 0 Å². The quantitative estimate of drug-likeness (QED) is 0.901. The minimum absolute atomic E-state index is 0.0130. The highest BCUT2D eigenvalue weighted by molar-refractivity contribution is 5.92. The lowest BCUT2D eigenvalue weighted by Gasteiger charge is -2.34. The first-order valence-electron chi connectivity index (χ1n) is 7.16. The van der Waals surface area contributed by atoms with Crippen LogP contribution in [0.25, 0.3) is 0 Å². The van der Waals surface area contributed by atoms with Gasteiger partial charge in [0.2, 0.25) is 0 Å². The van der Waals surface area contributed by atoms with Crippen LogP contribution in [0.2, 0.25) is 0 Å². The Morgan fingerprint density at radius 3 is 3.00 bits per heavy atom. The molecule has 1 amide bonds. The van der Waals surface area contributed by atoms with Gasteiger partial charge < -0.3 is 15.2 Å². The maximum Gasteiger partial charge on any atom is 0.276 e. The van der Waals surface area contributed by atoms with E-state index in [9.17, 15) is 4.79 Å². The van der Waals surface area contributed by atoms with E-state index in [1.807, 2.05) is 17.9 Å². The van der Waals surface area contributed by atoms with Crippen molar-refractivity contribution in [3.63, 3.8) is 0 Å². The molecule has 1 aromatic heterocycles. The van der Waals surface area contributed by atoms with Gasteiger partial charge in [0.25, 0.3) is 5.91 Å². The Kier molecular flexibility index (Phi) is 3.31. The number of piperidine rings is 1. The molecule has 0 spiro atoms. The molecule has 2 atom stereocenters. The normalized spacial score (nSPS) is 25.4. The lowest BCUT2D eigenvalue weighted by atomic mass is 9.92. The van der Waals surface area contributed by atoms with Gasteiger partial charge in [-0.05, 0) is 38.5 Å².